The quantitative estimate of drug-likeness (QED) is 0.656. The summed E-state index contributed by atoms with van der Waals surface area (Å²) in [5.74, 6) is 0.968. The summed E-state index contributed by atoms with van der Waals surface area (Å²) in [4.78, 5) is 2.19. The summed E-state index contributed by atoms with van der Waals surface area (Å²) >= 11 is 0. The van der Waals surface area contributed by atoms with E-state index >= 15 is 0 Å². The number of rotatable bonds is 3. The molecule has 0 bridgehead atoms. The maximum Gasteiger partial charge on any atom is 0.147 e. The molecule has 0 spiro atoms. The molecule has 0 radical (unpaired) electrons. The van der Waals surface area contributed by atoms with Gasteiger partial charge in [-0.05, 0) is 6.92 Å². The number of fused-ring (bicyclic) bond motifs is 1. The van der Waals surface area contributed by atoms with E-state index in [0.717, 1.165) is 25.5 Å². The van der Waals surface area contributed by atoms with Crippen LogP contribution in [-0.4, -0.2) is 50.0 Å². The summed E-state index contributed by atoms with van der Waals surface area (Å²) in [5, 5.41) is 17.0. The van der Waals surface area contributed by atoms with Crippen LogP contribution in [0.4, 0.5) is 0 Å². The summed E-state index contributed by atoms with van der Waals surface area (Å²) in [6.45, 7) is 5.10. The van der Waals surface area contributed by atoms with Crippen molar-refractivity contribution in [3.8, 4) is 0 Å². The highest BCUT2D eigenvalue weighted by molar-refractivity contribution is 4.92. The molecule has 84 valence electrons. The van der Waals surface area contributed by atoms with E-state index in [1.807, 2.05) is 11.5 Å². The van der Waals surface area contributed by atoms with Crippen LogP contribution in [0.2, 0.25) is 0 Å². The SMILES string of the molecule is CC(N)(CO)CN1CCn2cnnc2C1. The minimum absolute atomic E-state index is 0.00378. The van der Waals surface area contributed by atoms with Crippen LogP contribution in [0.1, 0.15) is 12.7 Å². The molecule has 0 aromatic carbocycles. The Kier molecular flexibility index (Phi) is 2.72. The van der Waals surface area contributed by atoms with Gasteiger partial charge in [-0.1, -0.05) is 0 Å². The molecule has 1 unspecified atom stereocenters. The predicted molar refractivity (Wildman–Crippen MR) is 55.0 cm³/mol. The molecule has 1 aromatic heterocycles. The van der Waals surface area contributed by atoms with Crippen molar-refractivity contribution >= 4 is 0 Å². The molecule has 0 aliphatic carbocycles. The number of aliphatic hydroxyl groups excluding tert-OH is 1. The van der Waals surface area contributed by atoms with Gasteiger partial charge in [0.15, 0.2) is 0 Å². The third kappa shape index (κ3) is 2.34. The van der Waals surface area contributed by atoms with Crippen molar-refractivity contribution < 1.29 is 5.11 Å². The Balaban J connectivity index is 1.98. The van der Waals surface area contributed by atoms with Crippen LogP contribution >= 0.6 is 0 Å². The summed E-state index contributed by atoms with van der Waals surface area (Å²) in [6, 6.07) is 0. The van der Waals surface area contributed by atoms with E-state index in [1.54, 1.807) is 6.33 Å². The van der Waals surface area contributed by atoms with Crippen LogP contribution in [-0.2, 0) is 13.1 Å². The first-order valence-corrected chi connectivity index (χ1v) is 5.09. The van der Waals surface area contributed by atoms with Crippen molar-refractivity contribution in [2.75, 3.05) is 19.7 Å². The molecule has 1 aliphatic rings. The van der Waals surface area contributed by atoms with Crippen molar-refractivity contribution in [3.05, 3.63) is 12.2 Å². The molecule has 1 atom stereocenters. The first-order valence-electron chi connectivity index (χ1n) is 5.09. The Labute approximate surface area is 88.7 Å². The van der Waals surface area contributed by atoms with Gasteiger partial charge in [-0.2, -0.15) is 0 Å². The van der Waals surface area contributed by atoms with E-state index in [9.17, 15) is 0 Å². The third-order valence-electron chi connectivity index (χ3n) is 2.66. The van der Waals surface area contributed by atoms with E-state index in [1.165, 1.54) is 0 Å². The predicted octanol–water partition coefficient (Wildman–Crippen LogP) is -1.20. The molecule has 0 saturated heterocycles. The van der Waals surface area contributed by atoms with Crippen LogP contribution in [0.15, 0.2) is 6.33 Å². The summed E-state index contributed by atoms with van der Waals surface area (Å²) in [7, 11) is 0. The van der Waals surface area contributed by atoms with Crippen molar-refractivity contribution in [2.45, 2.75) is 25.6 Å². The number of nitrogens with zero attached hydrogens (tertiary/aromatic N) is 4. The van der Waals surface area contributed by atoms with Crippen molar-refractivity contribution in [1.29, 1.82) is 0 Å². The Morgan fingerprint density at radius 1 is 1.60 bits per heavy atom. The molecule has 2 rings (SSSR count). The number of aliphatic hydroxyl groups is 1. The Morgan fingerprint density at radius 3 is 3.13 bits per heavy atom. The largest absolute Gasteiger partial charge is 0.394 e. The molecular formula is C9H17N5O. The molecule has 0 fully saturated rings. The van der Waals surface area contributed by atoms with Crippen molar-refractivity contribution in [2.24, 2.45) is 5.73 Å². The molecule has 1 aromatic rings. The topological polar surface area (TPSA) is 80.2 Å². The molecule has 15 heavy (non-hydrogen) atoms. The lowest BCUT2D eigenvalue weighted by Crippen LogP contribution is -2.52. The third-order valence-corrected chi connectivity index (χ3v) is 2.66. The number of nitrogens with two attached hydrogens (primary N) is 1. The average Bonchev–Trinajstić information content (AvgIpc) is 2.64. The Morgan fingerprint density at radius 2 is 2.40 bits per heavy atom. The molecule has 0 saturated carbocycles. The molecule has 2 heterocycles. The molecule has 6 nitrogen and oxygen atoms in total. The van der Waals surface area contributed by atoms with Gasteiger partial charge in [0.2, 0.25) is 0 Å². The van der Waals surface area contributed by atoms with E-state index in [0.29, 0.717) is 6.54 Å². The zero-order chi connectivity index (χ0) is 10.9. The maximum atomic E-state index is 9.10. The summed E-state index contributed by atoms with van der Waals surface area (Å²) < 4.78 is 2.04. The fourth-order valence-corrected chi connectivity index (χ4v) is 1.81. The lowest BCUT2D eigenvalue weighted by atomic mass is 10.0. The second kappa shape index (κ2) is 3.88. The van der Waals surface area contributed by atoms with Gasteiger partial charge in [-0.25, -0.2) is 0 Å². The number of hydrogen-bond donors (Lipinski definition) is 2. The van der Waals surface area contributed by atoms with Crippen LogP contribution in [0.25, 0.3) is 0 Å². The van der Waals surface area contributed by atoms with Gasteiger partial charge < -0.3 is 15.4 Å². The van der Waals surface area contributed by atoms with Crippen LogP contribution < -0.4 is 5.73 Å². The molecule has 6 heteroatoms. The van der Waals surface area contributed by atoms with Gasteiger partial charge in [0.25, 0.3) is 0 Å². The molecule has 3 N–H and O–H groups in total. The van der Waals surface area contributed by atoms with Crippen molar-refractivity contribution in [1.82, 2.24) is 19.7 Å². The second-order valence-corrected chi connectivity index (χ2v) is 4.46. The maximum absolute atomic E-state index is 9.10. The lowest BCUT2D eigenvalue weighted by molar-refractivity contribution is 0.127. The molecule has 1 aliphatic heterocycles. The normalized spacial score (nSPS) is 21.0. The lowest BCUT2D eigenvalue weighted by Gasteiger charge is -2.33. The van der Waals surface area contributed by atoms with Gasteiger partial charge in [0.05, 0.1) is 13.2 Å². The van der Waals surface area contributed by atoms with Gasteiger partial charge in [-0.15, -0.1) is 10.2 Å². The zero-order valence-electron chi connectivity index (χ0n) is 8.93. The van der Waals surface area contributed by atoms with Crippen LogP contribution in [0.5, 0.6) is 0 Å². The minimum atomic E-state index is -0.539. The second-order valence-electron chi connectivity index (χ2n) is 4.46. The monoisotopic (exact) mass is 211 g/mol. The molecular weight excluding hydrogens is 194 g/mol. The zero-order valence-corrected chi connectivity index (χ0v) is 8.93. The standard InChI is InChI=1S/C9H17N5O/c1-9(10,6-15)5-13-2-3-14-7-11-12-8(14)4-13/h7,15H,2-6,10H2,1H3. The average molecular weight is 211 g/mol. The highest BCUT2D eigenvalue weighted by Crippen LogP contribution is 2.11. The van der Waals surface area contributed by atoms with E-state index in [2.05, 4.69) is 15.1 Å². The van der Waals surface area contributed by atoms with Crippen LogP contribution in [0.3, 0.4) is 0 Å². The van der Waals surface area contributed by atoms with Gasteiger partial charge in [0, 0.05) is 25.2 Å². The number of hydrogen-bond acceptors (Lipinski definition) is 5. The van der Waals surface area contributed by atoms with E-state index in [4.69, 9.17) is 10.8 Å². The van der Waals surface area contributed by atoms with Crippen molar-refractivity contribution in [3.63, 3.8) is 0 Å². The number of aromatic nitrogens is 3. The Bertz CT molecular complexity index is 335. The van der Waals surface area contributed by atoms with E-state index < -0.39 is 5.54 Å². The highest BCUT2D eigenvalue weighted by atomic mass is 16.3. The smallest absolute Gasteiger partial charge is 0.147 e. The summed E-state index contributed by atoms with van der Waals surface area (Å²) in [5.41, 5.74) is 5.37. The summed E-state index contributed by atoms with van der Waals surface area (Å²) in [6.07, 6.45) is 1.75. The Hall–Kier alpha value is -0.980. The van der Waals surface area contributed by atoms with Gasteiger partial charge in [0.1, 0.15) is 12.2 Å². The van der Waals surface area contributed by atoms with Gasteiger partial charge in [-0.3, -0.25) is 4.90 Å². The van der Waals surface area contributed by atoms with Gasteiger partial charge >= 0.3 is 0 Å². The molecule has 0 amide bonds. The first-order chi connectivity index (χ1) is 7.11. The first kappa shape index (κ1) is 10.5. The highest BCUT2D eigenvalue weighted by Gasteiger charge is 2.25. The van der Waals surface area contributed by atoms with Crippen LogP contribution in [0, 0.1) is 0 Å². The fourth-order valence-electron chi connectivity index (χ4n) is 1.81. The minimum Gasteiger partial charge on any atom is -0.394 e. The fraction of sp³-hybridized carbons (Fsp3) is 0.778. The van der Waals surface area contributed by atoms with E-state index in [-0.39, 0.29) is 6.61 Å².